The fraction of sp³-hybridized carbons (Fsp3) is 0.611. The van der Waals surface area contributed by atoms with E-state index >= 15 is 0 Å². The number of carbonyl (C=O) groups excluding carboxylic acids is 1. The molecule has 5 heteroatoms. The number of hydrogen-bond donors (Lipinski definition) is 1. The fourth-order valence-corrected chi connectivity index (χ4v) is 3.36. The molecule has 0 spiro atoms. The van der Waals surface area contributed by atoms with E-state index in [1.54, 1.807) is 7.11 Å². The second-order valence-corrected chi connectivity index (χ2v) is 6.51. The molecular weight excluding hydrogens is 292 g/mol. The lowest BCUT2D eigenvalue weighted by atomic mass is 10.0. The van der Waals surface area contributed by atoms with Crippen molar-refractivity contribution in [3.05, 3.63) is 29.8 Å². The average molecular weight is 318 g/mol. The minimum Gasteiger partial charge on any atom is -0.497 e. The van der Waals surface area contributed by atoms with Crippen molar-refractivity contribution in [2.24, 2.45) is 5.92 Å². The van der Waals surface area contributed by atoms with Crippen LogP contribution in [-0.4, -0.2) is 56.8 Å². The molecule has 3 rings (SSSR count). The third-order valence-corrected chi connectivity index (χ3v) is 4.82. The molecule has 1 unspecified atom stereocenters. The van der Waals surface area contributed by atoms with E-state index in [1.807, 2.05) is 24.3 Å². The van der Waals surface area contributed by atoms with E-state index in [1.165, 1.54) is 6.42 Å². The monoisotopic (exact) mass is 318 g/mol. The summed E-state index contributed by atoms with van der Waals surface area (Å²) in [5.41, 5.74) is 0.691. The molecule has 1 aromatic rings. The molecule has 1 aromatic carbocycles. The van der Waals surface area contributed by atoms with Crippen molar-refractivity contribution in [3.8, 4) is 5.75 Å². The summed E-state index contributed by atoms with van der Waals surface area (Å²) >= 11 is 0. The lowest BCUT2D eigenvalue weighted by Crippen LogP contribution is -2.45. The first-order valence-corrected chi connectivity index (χ1v) is 8.49. The summed E-state index contributed by atoms with van der Waals surface area (Å²) in [6, 6.07) is 7.54. The Labute approximate surface area is 137 Å². The first-order chi connectivity index (χ1) is 11.2. The van der Waals surface area contributed by atoms with E-state index in [0.717, 1.165) is 51.4 Å². The minimum atomic E-state index is 0.00953. The molecular formula is C18H26N2O3. The number of piperidine rings is 1. The predicted octanol–water partition coefficient (Wildman–Crippen LogP) is 1.93. The number of nitrogens with zero attached hydrogens (tertiary/aromatic N) is 1. The van der Waals surface area contributed by atoms with Crippen molar-refractivity contribution in [2.45, 2.75) is 25.3 Å². The number of rotatable bonds is 5. The van der Waals surface area contributed by atoms with E-state index < -0.39 is 0 Å². The van der Waals surface area contributed by atoms with Gasteiger partial charge in [-0.2, -0.15) is 0 Å². The quantitative estimate of drug-likeness (QED) is 0.901. The standard InChI is InChI=1S/C18H26N2O3/c1-22-17-4-2-15(3-5-17)18(21)19-16-6-9-20(10-7-16)12-14-8-11-23-13-14/h2-5,14,16H,6-13H2,1H3,(H,19,21). The highest BCUT2D eigenvalue weighted by atomic mass is 16.5. The smallest absolute Gasteiger partial charge is 0.251 e. The molecule has 2 saturated heterocycles. The number of hydrogen-bond acceptors (Lipinski definition) is 4. The third kappa shape index (κ3) is 4.45. The molecule has 1 N–H and O–H groups in total. The van der Waals surface area contributed by atoms with Gasteiger partial charge in [-0.15, -0.1) is 0 Å². The maximum atomic E-state index is 12.3. The SMILES string of the molecule is COc1ccc(C(=O)NC2CCN(CC3CCOC3)CC2)cc1. The Hall–Kier alpha value is -1.59. The van der Waals surface area contributed by atoms with Crippen molar-refractivity contribution in [3.63, 3.8) is 0 Å². The van der Waals surface area contributed by atoms with Gasteiger partial charge < -0.3 is 19.7 Å². The van der Waals surface area contributed by atoms with Gasteiger partial charge >= 0.3 is 0 Å². The second-order valence-electron chi connectivity index (χ2n) is 6.51. The Bertz CT molecular complexity index is 504. The van der Waals surface area contributed by atoms with Gasteiger partial charge in [-0.25, -0.2) is 0 Å². The maximum Gasteiger partial charge on any atom is 0.251 e. The summed E-state index contributed by atoms with van der Waals surface area (Å²) in [7, 11) is 1.63. The minimum absolute atomic E-state index is 0.00953. The van der Waals surface area contributed by atoms with Crippen LogP contribution >= 0.6 is 0 Å². The number of methoxy groups -OCH3 is 1. The molecule has 2 heterocycles. The van der Waals surface area contributed by atoms with Gasteiger partial charge in [0.15, 0.2) is 0 Å². The molecule has 0 bridgehead atoms. The van der Waals surface area contributed by atoms with Crippen LogP contribution in [0.3, 0.4) is 0 Å². The molecule has 1 atom stereocenters. The van der Waals surface area contributed by atoms with Crippen LogP contribution in [0.15, 0.2) is 24.3 Å². The number of amides is 1. The summed E-state index contributed by atoms with van der Waals surface area (Å²) in [6.45, 7) is 5.08. The number of likely N-dealkylation sites (tertiary alicyclic amines) is 1. The first-order valence-electron chi connectivity index (χ1n) is 8.49. The molecule has 1 amide bonds. The zero-order valence-corrected chi connectivity index (χ0v) is 13.8. The molecule has 2 aliphatic rings. The summed E-state index contributed by atoms with van der Waals surface area (Å²) < 4.78 is 10.6. The van der Waals surface area contributed by atoms with E-state index in [9.17, 15) is 4.79 Å². The molecule has 5 nitrogen and oxygen atoms in total. The molecule has 2 aliphatic heterocycles. The molecule has 23 heavy (non-hydrogen) atoms. The lowest BCUT2D eigenvalue weighted by molar-refractivity contribution is 0.0903. The summed E-state index contributed by atoms with van der Waals surface area (Å²) in [5.74, 6) is 1.47. The Morgan fingerprint density at radius 2 is 2.00 bits per heavy atom. The van der Waals surface area contributed by atoms with Gasteiger partial charge in [-0.3, -0.25) is 4.79 Å². The van der Waals surface area contributed by atoms with Gasteiger partial charge in [0.2, 0.25) is 0 Å². The molecule has 0 aromatic heterocycles. The Morgan fingerprint density at radius 1 is 1.26 bits per heavy atom. The highest BCUT2D eigenvalue weighted by molar-refractivity contribution is 5.94. The molecule has 0 aliphatic carbocycles. The normalized spacial score (nSPS) is 22.9. The van der Waals surface area contributed by atoms with Crippen LogP contribution in [-0.2, 0) is 4.74 Å². The molecule has 0 saturated carbocycles. The van der Waals surface area contributed by atoms with Crippen molar-refractivity contribution in [1.29, 1.82) is 0 Å². The van der Waals surface area contributed by atoms with Gasteiger partial charge in [0.25, 0.3) is 5.91 Å². The van der Waals surface area contributed by atoms with Crippen LogP contribution in [0.2, 0.25) is 0 Å². The van der Waals surface area contributed by atoms with Gasteiger partial charge in [-0.05, 0) is 49.4 Å². The number of carbonyl (C=O) groups is 1. The average Bonchev–Trinajstić information content (AvgIpc) is 3.10. The molecule has 126 valence electrons. The third-order valence-electron chi connectivity index (χ3n) is 4.82. The fourth-order valence-electron chi connectivity index (χ4n) is 3.36. The molecule has 0 radical (unpaired) electrons. The van der Waals surface area contributed by atoms with E-state index in [2.05, 4.69) is 10.2 Å². The highest BCUT2D eigenvalue weighted by Gasteiger charge is 2.24. The van der Waals surface area contributed by atoms with Crippen LogP contribution in [0, 0.1) is 5.92 Å². The Kier molecular flexibility index (Phi) is 5.51. The lowest BCUT2D eigenvalue weighted by Gasteiger charge is -2.33. The van der Waals surface area contributed by atoms with Crippen molar-refractivity contribution >= 4 is 5.91 Å². The zero-order chi connectivity index (χ0) is 16.1. The number of benzene rings is 1. The maximum absolute atomic E-state index is 12.3. The number of ether oxygens (including phenoxy) is 2. The predicted molar refractivity (Wildman–Crippen MR) is 88.8 cm³/mol. The van der Waals surface area contributed by atoms with Crippen LogP contribution in [0.4, 0.5) is 0 Å². The highest BCUT2D eigenvalue weighted by Crippen LogP contribution is 2.18. The van der Waals surface area contributed by atoms with Gasteiger partial charge in [0, 0.05) is 37.8 Å². The molecule has 2 fully saturated rings. The second kappa shape index (κ2) is 7.79. The Morgan fingerprint density at radius 3 is 2.61 bits per heavy atom. The van der Waals surface area contributed by atoms with E-state index in [4.69, 9.17) is 9.47 Å². The summed E-state index contributed by atoms with van der Waals surface area (Å²) in [5, 5.41) is 3.16. The van der Waals surface area contributed by atoms with Crippen LogP contribution in [0.25, 0.3) is 0 Å². The van der Waals surface area contributed by atoms with Crippen LogP contribution < -0.4 is 10.1 Å². The Balaban J connectivity index is 1.43. The van der Waals surface area contributed by atoms with Gasteiger partial charge in [0.1, 0.15) is 5.75 Å². The van der Waals surface area contributed by atoms with Crippen LogP contribution in [0.5, 0.6) is 5.75 Å². The zero-order valence-electron chi connectivity index (χ0n) is 13.8. The van der Waals surface area contributed by atoms with Gasteiger partial charge in [0.05, 0.1) is 13.7 Å². The topological polar surface area (TPSA) is 50.8 Å². The van der Waals surface area contributed by atoms with Crippen molar-refractivity contribution in [2.75, 3.05) is 40.0 Å². The van der Waals surface area contributed by atoms with Crippen molar-refractivity contribution in [1.82, 2.24) is 10.2 Å². The summed E-state index contributed by atoms with van der Waals surface area (Å²) in [6.07, 6.45) is 3.24. The van der Waals surface area contributed by atoms with Crippen LogP contribution in [0.1, 0.15) is 29.6 Å². The van der Waals surface area contributed by atoms with E-state index in [-0.39, 0.29) is 11.9 Å². The summed E-state index contributed by atoms with van der Waals surface area (Å²) in [4.78, 5) is 14.8. The largest absolute Gasteiger partial charge is 0.497 e. The van der Waals surface area contributed by atoms with Gasteiger partial charge in [-0.1, -0.05) is 0 Å². The first kappa shape index (κ1) is 16.3. The van der Waals surface area contributed by atoms with Crippen molar-refractivity contribution < 1.29 is 14.3 Å². The number of nitrogens with one attached hydrogen (secondary N) is 1. The van der Waals surface area contributed by atoms with E-state index in [0.29, 0.717) is 11.5 Å².